The maximum absolute atomic E-state index is 13.3. The number of fused-ring (bicyclic) bond motifs is 1. The van der Waals surface area contributed by atoms with Crippen molar-refractivity contribution in [1.29, 1.82) is 0 Å². The fourth-order valence-electron chi connectivity index (χ4n) is 4.96. The van der Waals surface area contributed by atoms with Gasteiger partial charge in [-0.15, -0.1) is 11.3 Å². The number of halogens is 3. The topological polar surface area (TPSA) is 52.6 Å². The molecule has 0 aliphatic carbocycles. The van der Waals surface area contributed by atoms with E-state index < -0.39 is 11.7 Å². The number of anilines is 1. The van der Waals surface area contributed by atoms with Crippen molar-refractivity contribution in [3.63, 3.8) is 0 Å². The molecule has 6 nitrogen and oxygen atoms in total. The van der Waals surface area contributed by atoms with Gasteiger partial charge >= 0.3 is 6.18 Å². The normalized spacial score (nSPS) is 20.9. The number of amides is 1. The molecule has 2 aliphatic rings. The molecule has 1 saturated heterocycles. The number of hydrogen-bond donors (Lipinski definition) is 0. The summed E-state index contributed by atoms with van der Waals surface area (Å²) < 4.78 is 38.6. The van der Waals surface area contributed by atoms with Crippen LogP contribution in [0.4, 0.5) is 19.0 Å². The number of carbonyl (C=O) groups is 1. The van der Waals surface area contributed by atoms with Crippen LogP contribution >= 0.6 is 11.3 Å². The third-order valence-electron chi connectivity index (χ3n) is 6.92. The lowest BCUT2D eigenvalue weighted by Crippen LogP contribution is -2.59. The standard InChI is InChI=1S/C26H28F3N5OS/c1-17-13-33(23-9-8-20(12-30-23)26(27,28)29)14-18(2)34(17)16-24(35)32-11-10-21-22(15-32)36-25(31-21)19-6-4-3-5-7-19/h3-9,12,17-18H,10-11,13-16H2,1-2H3/t17-,18+. The zero-order chi connectivity index (χ0) is 25.4. The van der Waals surface area contributed by atoms with Gasteiger partial charge in [0.25, 0.3) is 0 Å². The van der Waals surface area contributed by atoms with Gasteiger partial charge in [-0.05, 0) is 26.0 Å². The van der Waals surface area contributed by atoms with E-state index in [0.717, 1.165) is 39.8 Å². The van der Waals surface area contributed by atoms with Crippen molar-refractivity contribution in [2.45, 2.75) is 45.1 Å². The molecular weight excluding hydrogens is 487 g/mol. The average molecular weight is 516 g/mol. The fourth-order valence-corrected chi connectivity index (χ4v) is 6.09. The molecule has 2 atom stereocenters. The summed E-state index contributed by atoms with van der Waals surface area (Å²) in [5.74, 6) is 0.616. The molecule has 0 unspecified atom stereocenters. The first kappa shape index (κ1) is 24.7. The van der Waals surface area contributed by atoms with Crippen LogP contribution in [0.1, 0.15) is 30.0 Å². The Labute approximate surface area is 212 Å². The highest BCUT2D eigenvalue weighted by Crippen LogP contribution is 2.32. The third kappa shape index (κ3) is 5.10. The number of aromatic nitrogens is 2. The van der Waals surface area contributed by atoms with E-state index in [1.54, 1.807) is 11.3 Å². The second-order valence-electron chi connectivity index (χ2n) is 9.50. The Hall–Kier alpha value is -2.98. The van der Waals surface area contributed by atoms with Gasteiger partial charge in [0.05, 0.1) is 24.3 Å². The lowest BCUT2D eigenvalue weighted by atomic mass is 10.1. The molecule has 0 spiro atoms. The Morgan fingerprint density at radius 2 is 1.81 bits per heavy atom. The van der Waals surface area contributed by atoms with Crippen LogP contribution < -0.4 is 4.90 Å². The van der Waals surface area contributed by atoms with Crippen molar-refractivity contribution < 1.29 is 18.0 Å². The van der Waals surface area contributed by atoms with Crippen LogP contribution in [-0.2, 0) is 23.9 Å². The Morgan fingerprint density at radius 3 is 2.44 bits per heavy atom. The molecule has 4 heterocycles. The summed E-state index contributed by atoms with van der Waals surface area (Å²) in [4.78, 5) is 29.4. The summed E-state index contributed by atoms with van der Waals surface area (Å²) in [6.07, 6.45) is -2.76. The highest BCUT2D eigenvalue weighted by atomic mass is 32.1. The first-order valence-corrected chi connectivity index (χ1v) is 12.9. The van der Waals surface area contributed by atoms with E-state index in [-0.39, 0.29) is 18.0 Å². The van der Waals surface area contributed by atoms with Crippen LogP contribution in [0.5, 0.6) is 0 Å². The minimum absolute atomic E-state index is 0.0511. The van der Waals surface area contributed by atoms with Crippen molar-refractivity contribution in [2.24, 2.45) is 0 Å². The summed E-state index contributed by atoms with van der Waals surface area (Å²) in [7, 11) is 0. The number of thiazole rings is 1. The second-order valence-corrected chi connectivity index (χ2v) is 10.6. The van der Waals surface area contributed by atoms with Gasteiger partial charge in [-0.3, -0.25) is 9.69 Å². The number of rotatable bonds is 4. The molecule has 1 amide bonds. The molecule has 2 aromatic heterocycles. The van der Waals surface area contributed by atoms with Gasteiger partial charge in [0.15, 0.2) is 0 Å². The fraction of sp³-hybridized carbons (Fsp3) is 0.423. The van der Waals surface area contributed by atoms with Crippen LogP contribution in [0, 0.1) is 0 Å². The minimum atomic E-state index is -4.40. The van der Waals surface area contributed by atoms with Crippen molar-refractivity contribution in [2.75, 3.05) is 31.1 Å². The maximum Gasteiger partial charge on any atom is 0.417 e. The van der Waals surface area contributed by atoms with Gasteiger partial charge in [-0.2, -0.15) is 13.2 Å². The molecule has 36 heavy (non-hydrogen) atoms. The Morgan fingerprint density at radius 1 is 1.08 bits per heavy atom. The monoisotopic (exact) mass is 515 g/mol. The quantitative estimate of drug-likeness (QED) is 0.504. The largest absolute Gasteiger partial charge is 0.417 e. The number of alkyl halides is 3. The van der Waals surface area contributed by atoms with Gasteiger partial charge in [0.2, 0.25) is 5.91 Å². The number of nitrogens with zero attached hydrogens (tertiary/aromatic N) is 5. The van der Waals surface area contributed by atoms with E-state index in [1.807, 2.05) is 41.8 Å². The summed E-state index contributed by atoms with van der Waals surface area (Å²) in [6, 6.07) is 12.7. The van der Waals surface area contributed by atoms with Crippen molar-refractivity contribution >= 4 is 23.1 Å². The molecule has 190 valence electrons. The van der Waals surface area contributed by atoms with Gasteiger partial charge in [0, 0.05) is 54.8 Å². The van der Waals surface area contributed by atoms with E-state index in [9.17, 15) is 18.0 Å². The number of hydrogen-bond acceptors (Lipinski definition) is 6. The summed E-state index contributed by atoms with van der Waals surface area (Å²) in [5, 5.41) is 0.991. The molecule has 3 aromatic rings. The van der Waals surface area contributed by atoms with Gasteiger partial charge < -0.3 is 9.80 Å². The Bertz CT molecular complexity index is 1200. The first-order valence-electron chi connectivity index (χ1n) is 12.0. The van der Waals surface area contributed by atoms with E-state index in [4.69, 9.17) is 4.98 Å². The Kier molecular flexibility index (Phi) is 6.74. The van der Waals surface area contributed by atoms with E-state index in [1.165, 1.54) is 6.07 Å². The number of benzene rings is 1. The SMILES string of the molecule is C[C@@H]1CN(c2ccc(C(F)(F)F)cn2)C[C@H](C)N1CC(=O)N1CCc2nc(-c3ccccc3)sc2C1. The maximum atomic E-state index is 13.3. The highest BCUT2D eigenvalue weighted by Gasteiger charge is 2.35. The number of carbonyl (C=O) groups excluding carboxylic acids is 1. The summed E-state index contributed by atoms with van der Waals surface area (Å²) >= 11 is 1.65. The van der Waals surface area contributed by atoms with Crippen molar-refractivity contribution in [1.82, 2.24) is 19.8 Å². The molecule has 0 saturated carbocycles. The average Bonchev–Trinajstić information content (AvgIpc) is 3.30. The van der Waals surface area contributed by atoms with Crippen LogP contribution in [0.15, 0.2) is 48.7 Å². The molecule has 1 fully saturated rings. The van der Waals surface area contributed by atoms with E-state index >= 15 is 0 Å². The van der Waals surface area contributed by atoms with Gasteiger partial charge in [0.1, 0.15) is 10.8 Å². The zero-order valence-electron chi connectivity index (χ0n) is 20.2. The molecular formula is C26H28F3N5OS. The number of pyridine rings is 1. The first-order chi connectivity index (χ1) is 17.2. The van der Waals surface area contributed by atoms with Gasteiger partial charge in [-0.1, -0.05) is 30.3 Å². The predicted molar refractivity (Wildman–Crippen MR) is 134 cm³/mol. The predicted octanol–water partition coefficient (Wildman–Crippen LogP) is 4.71. The molecule has 0 radical (unpaired) electrons. The van der Waals surface area contributed by atoms with Crippen LogP contribution in [-0.4, -0.2) is 63.9 Å². The van der Waals surface area contributed by atoms with Crippen molar-refractivity contribution in [3.8, 4) is 10.6 Å². The van der Waals surface area contributed by atoms with E-state index in [0.29, 0.717) is 38.5 Å². The van der Waals surface area contributed by atoms with Gasteiger partial charge in [-0.25, -0.2) is 9.97 Å². The molecule has 0 N–H and O–H groups in total. The van der Waals surface area contributed by atoms with Crippen LogP contribution in [0.25, 0.3) is 10.6 Å². The minimum Gasteiger partial charge on any atom is -0.354 e. The molecule has 2 aliphatic heterocycles. The molecule has 10 heteroatoms. The van der Waals surface area contributed by atoms with Crippen LogP contribution in [0.3, 0.4) is 0 Å². The summed E-state index contributed by atoms with van der Waals surface area (Å²) in [6.45, 7) is 6.83. The molecule has 1 aromatic carbocycles. The zero-order valence-corrected chi connectivity index (χ0v) is 21.0. The van der Waals surface area contributed by atoms with Crippen molar-refractivity contribution in [3.05, 3.63) is 64.8 Å². The van der Waals surface area contributed by atoms with E-state index in [2.05, 4.69) is 22.0 Å². The second kappa shape index (κ2) is 9.82. The lowest BCUT2D eigenvalue weighted by molar-refractivity contribution is -0.138. The molecule has 5 rings (SSSR count). The third-order valence-corrected chi connectivity index (χ3v) is 8.05. The smallest absolute Gasteiger partial charge is 0.354 e. The Balaban J connectivity index is 1.21. The lowest BCUT2D eigenvalue weighted by Gasteiger charge is -2.45. The number of piperazine rings is 1. The molecule has 0 bridgehead atoms. The highest BCUT2D eigenvalue weighted by molar-refractivity contribution is 7.15. The summed E-state index contributed by atoms with van der Waals surface area (Å²) in [5.41, 5.74) is 1.43. The van der Waals surface area contributed by atoms with Crippen LogP contribution in [0.2, 0.25) is 0 Å².